The van der Waals surface area contributed by atoms with Gasteiger partial charge in [-0.05, 0) is 37.0 Å². The molecule has 1 N–H and O–H groups in total. The van der Waals surface area contributed by atoms with Crippen LogP contribution in [0.15, 0.2) is 36.4 Å². The molecule has 1 aromatic heterocycles. The summed E-state index contributed by atoms with van der Waals surface area (Å²) in [5.74, 6) is 0.560. The Kier molecular flexibility index (Phi) is 4.57. The highest BCUT2D eigenvalue weighted by Crippen LogP contribution is 2.45. The van der Waals surface area contributed by atoms with Crippen LogP contribution in [0, 0.1) is 6.92 Å². The zero-order chi connectivity index (χ0) is 18.3. The molecule has 0 bridgehead atoms. The van der Waals surface area contributed by atoms with Gasteiger partial charge in [-0.1, -0.05) is 37.3 Å². The number of hydrogen-bond donors (Lipinski definition) is 1. The van der Waals surface area contributed by atoms with E-state index in [2.05, 4.69) is 31.3 Å². The first-order valence-electron chi connectivity index (χ1n) is 9.31. The minimum absolute atomic E-state index is 0.0483. The first-order chi connectivity index (χ1) is 12.6. The summed E-state index contributed by atoms with van der Waals surface area (Å²) in [5.41, 5.74) is 2.53. The van der Waals surface area contributed by atoms with Crippen LogP contribution >= 0.6 is 11.3 Å². The molecule has 2 aromatic rings. The van der Waals surface area contributed by atoms with Crippen molar-refractivity contribution in [1.29, 1.82) is 0 Å². The molecular weight excluding hydrogens is 344 g/mol. The summed E-state index contributed by atoms with van der Waals surface area (Å²) >= 11 is 1.54. The molecule has 2 fully saturated rings. The molecule has 1 aliphatic carbocycles. The third-order valence-corrected chi connectivity index (χ3v) is 6.60. The van der Waals surface area contributed by atoms with Crippen LogP contribution in [0.1, 0.15) is 51.4 Å². The van der Waals surface area contributed by atoms with Gasteiger partial charge in [-0.25, -0.2) is 0 Å². The molecule has 1 aromatic carbocycles. The lowest BCUT2D eigenvalue weighted by Crippen LogP contribution is -2.37. The third-order valence-electron chi connectivity index (χ3n) is 5.50. The molecule has 2 aliphatic rings. The van der Waals surface area contributed by atoms with E-state index in [0.717, 1.165) is 17.7 Å². The lowest BCUT2D eigenvalue weighted by molar-refractivity contribution is -0.128. The standard InChI is InChI=1S/C21H24N2O2S/c1-3-14-9-19(26-13(14)2)21(25)22-16-10-20(24)23(12-16)18-11-17(18)15-7-5-4-6-8-15/h4-9,16-18H,3,10-12H2,1-2H3,(H,22,25)/t16-,17+,18+/m1/s1. The summed E-state index contributed by atoms with van der Waals surface area (Å²) in [6, 6.07) is 12.6. The Hall–Kier alpha value is -2.14. The van der Waals surface area contributed by atoms with Crippen molar-refractivity contribution in [3.8, 4) is 0 Å². The van der Waals surface area contributed by atoms with Crippen LogP contribution < -0.4 is 5.32 Å². The van der Waals surface area contributed by atoms with Gasteiger partial charge in [0.05, 0.1) is 10.9 Å². The average Bonchev–Trinajstić information content (AvgIpc) is 3.22. The van der Waals surface area contributed by atoms with Crippen molar-refractivity contribution in [2.24, 2.45) is 0 Å². The number of nitrogens with one attached hydrogen (secondary N) is 1. The van der Waals surface area contributed by atoms with Crippen LogP contribution in [-0.2, 0) is 11.2 Å². The molecule has 2 amide bonds. The quantitative estimate of drug-likeness (QED) is 0.878. The fourth-order valence-electron chi connectivity index (χ4n) is 3.97. The maximum Gasteiger partial charge on any atom is 0.261 e. The van der Waals surface area contributed by atoms with Gasteiger partial charge in [-0.15, -0.1) is 11.3 Å². The van der Waals surface area contributed by atoms with Crippen LogP contribution in [0.5, 0.6) is 0 Å². The highest BCUT2D eigenvalue weighted by molar-refractivity contribution is 7.14. The van der Waals surface area contributed by atoms with Crippen LogP contribution in [0.4, 0.5) is 0 Å². The monoisotopic (exact) mass is 368 g/mol. The van der Waals surface area contributed by atoms with Crippen LogP contribution in [-0.4, -0.2) is 35.3 Å². The number of benzene rings is 1. The van der Waals surface area contributed by atoms with E-state index in [0.29, 0.717) is 24.9 Å². The van der Waals surface area contributed by atoms with Gasteiger partial charge in [0.25, 0.3) is 5.91 Å². The van der Waals surface area contributed by atoms with Gasteiger partial charge < -0.3 is 10.2 Å². The minimum atomic E-state index is -0.0838. The summed E-state index contributed by atoms with van der Waals surface area (Å²) < 4.78 is 0. The number of carbonyl (C=O) groups excluding carboxylic acids is 2. The predicted molar refractivity (Wildman–Crippen MR) is 104 cm³/mol. The number of amides is 2. The summed E-state index contributed by atoms with van der Waals surface area (Å²) in [4.78, 5) is 28.9. The molecule has 3 atom stereocenters. The summed E-state index contributed by atoms with van der Waals surface area (Å²) in [6.45, 7) is 4.78. The Morgan fingerprint density at radius 3 is 2.77 bits per heavy atom. The number of hydrogen-bond acceptors (Lipinski definition) is 3. The van der Waals surface area contributed by atoms with Crippen LogP contribution in [0.2, 0.25) is 0 Å². The van der Waals surface area contributed by atoms with Gasteiger partial charge in [-0.3, -0.25) is 9.59 Å². The van der Waals surface area contributed by atoms with Gasteiger partial charge in [0, 0.05) is 29.8 Å². The third kappa shape index (κ3) is 3.28. The molecule has 1 aliphatic heterocycles. The van der Waals surface area contributed by atoms with E-state index in [9.17, 15) is 9.59 Å². The lowest BCUT2D eigenvalue weighted by Gasteiger charge is -2.17. The maximum atomic E-state index is 12.5. The predicted octanol–water partition coefficient (Wildman–Crippen LogP) is 3.51. The minimum Gasteiger partial charge on any atom is -0.346 e. The van der Waals surface area contributed by atoms with E-state index in [1.54, 1.807) is 0 Å². The topological polar surface area (TPSA) is 49.4 Å². The Balaban J connectivity index is 1.37. The zero-order valence-electron chi connectivity index (χ0n) is 15.2. The Bertz CT molecular complexity index is 830. The van der Waals surface area contributed by atoms with Gasteiger partial charge in [-0.2, -0.15) is 0 Å². The zero-order valence-corrected chi connectivity index (χ0v) is 16.0. The number of thiophene rings is 1. The van der Waals surface area contributed by atoms with Gasteiger partial charge in [0.2, 0.25) is 5.91 Å². The maximum absolute atomic E-state index is 12.5. The Morgan fingerprint density at radius 1 is 1.31 bits per heavy atom. The van der Waals surface area contributed by atoms with Gasteiger partial charge >= 0.3 is 0 Å². The largest absolute Gasteiger partial charge is 0.346 e. The van der Waals surface area contributed by atoms with Crippen LogP contribution in [0.25, 0.3) is 0 Å². The van der Waals surface area contributed by atoms with Crippen molar-refractivity contribution in [2.75, 3.05) is 6.54 Å². The second kappa shape index (κ2) is 6.88. The molecule has 26 heavy (non-hydrogen) atoms. The lowest BCUT2D eigenvalue weighted by atomic mass is 10.1. The smallest absolute Gasteiger partial charge is 0.261 e. The number of carbonyl (C=O) groups is 2. The van der Waals surface area contributed by atoms with Crippen molar-refractivity contribution in [2.45, 2.75) is 51.1 Å². The van der Waals surface area contributed by atoms with Gasteiger partial charge in [0.1, 0.15) is 0 Å². The molecule has 0 unspecified atom stereocenters. The van der Waals surface area contributed by atoms with E-state index in [4.69, 9.17) is 0 Å². The number of aryl methyl sites for hydroxylation is 2. The van der Waals surface area contributed by atoms with Crippen molar-refractivity contribution in [1.82, 2.24) is 10.2 Å². The Labute approximate surface area is 158 Å². The molecule has 0 spiro atoms. The SMILES string of the molecule is CCc1cc(C(=O)N[C@@H]2CC(=O)N([C@H]3C[C@H]3c3ccccc3)C2)sc1C. The second-order valence-corrected chi connectivity index (χ2v) is 8.54. The molecule has 1 saturated heterocycles. The summed E-state index contributed by atoms with van der Waals surface area (Å²) in [7, 11) is 0. The van der Waals surface area contributed by atoms with E-state index >= 15 is 0 Å². The molecule has 2 heterocycles. The molecular formula is C21H24N2O2S. The van der Waals surface area contributed by atoms with Gasteiger partial charge in [0.15, 0.2) is 0 Å². The van der Waals surface area contributed by atoms with Crippen molar-refractivity contribution in [3.05, 3.63) is 57.3 Å². The second-order valence-electron chi connectivity index (χ2n) is 7.29. The van der Waals surface area contributed by atoms with E-state index in [1.807, 2.05) is 29.2 Å². The summed E-state index contributed by atoms with van der Waals surface area (Å²) in [5, 5.41) is 3.07. The number of nitrogens with zero attached hydrogens (tertiary/aromatic N) is 1. The van der Waals surface area contributed by atoms with E-state index in [1.165, 1.54) is 27.3 Å². The fourth-order valence-corrected chi connectivity index (χ4v) is 4.99. The first kappa shape index (κ1) is 17.3. The number of rotatable bonds is 5. The molecule has 1 saturated carbocycles. The Morgan fingerprint density at radius 2 is 2.08 bits per heavy atom. The molecule has 4 rings (SSSR count). The van der Waals surface area contributed by atoms with E-state index in [-0.39, 0.29) is 17.9 Å². The molecule has 5 heteroatoms. The van der Waals surface area contributed by atoms with Crippen molar-refractivity contribution in [3.63, 3.8) is 0 Å². The normalized spacial score (nSPS) is 24.8. The first-order valence-corrected chi connectivity index (χ1v) is 10.1. The molecule has 0 radical (unpaired) electrons. The van der Waals surface area contributed by atoms with Crippen LogP contribution in [0.3, 0.4) is 0 Å². The van der Waals surface area contributed by atoms with Crippen molar-refractivity contribution >= 4 is 23.2 Å². The van der Waals surface area contributed by atoms with Crippen molar-refractivity contribution < 1.29 is 9.59 Å². The molecule has 136 valence electrons. The van der Waals surface area contributed by atoms with E-state index < -0.39 is 0 Å². The number of likely N-dealkylation sites (tertiary alicyclic amines) is 1. The summed E-state index contributed by atoms with van der Waals surface area (Å²) in [6.07, 6.45) is 2.38. The highest BCUT2D eigenvalue weighted by Gasteiger charge is 2.48. The highest BCUT2D eigenvalue weighted by atomic mass is 32.1. The fraction of sp³-hybridized carbons (Fsp3) is 0.429. The average molecular weight is 369 g/mol. The molecule has 4 nitrogen and oxygen atoms in total.